The number of fused-ring (bicyclic) bond motifs is 1. The molecule has 0 fully saturated rings. The zero-order valence-corrected chi connectivity index (χ0v) is 13.1. The van der Waals surface area contributed by atoms with Crippen LogP contribution in [-0.2, 0) is 22.6 Å². The third-order valence-electron chi connectivity index (χ3n) is 4.22. The molecule has 4 nitrogen and oxygen atoms in total. The van der Waals surface area contributed by atoms with Gasteiger partial charge in [0, 0.05) is 25.4 Å². The second-order valence-electron chi connectivity index (χ2n) is 5.66. The van der Waals surface area contributed by atoms with Crippen LogP contribution < -0.4 is 5.32 Å². The molecule has 0 bridgehead atoms. The molecule has 1 aliphatic heterocycles. The average Bonchev–Trinajstić information content (AvgIpc) is 2.52. The quantitative estimate of drug-likeness (QED) is 0.922. The smallest absolute Gasteiger partial charge is 0.243 e. The molecular formula is C17H24N2O2. The number of hydrogen-bond donors (Lipinski definition) is 1. The Kier molecular flexibility index (Phi) is 4.99. The first-order valence-electron chi connectivity index (χ1n) is 7.73. The summed E-state index contributed by atoms with van der Waals surface area (Å²) < 4.78 is 0. The van der Waals surface area contributed by atoms with E-state index in [-0.39, 0.29) is 23.8 Å². The first-order valence-corrected chi connectivity index (χ1v) is 7.73. The number of carbonyl (C=O) groups excluding carboxylic acids is 2. The number of carbonyl (C=O) groups is 2. The maximum Gasteiger partial charge on any atom is 0.243 e. The summed E-state index contributed by atoms with van der Waals surface area (Å²) in [5, 5.41) is 2.86. The van der Waals surface area contributed by atoms with Gasteiger partial charge in [-0.25, -0.2) is 0 Å². The maximum atomic E-state index is 12.6. The Morgan fingerprint density at radius 2 is 1.95 bits per heavy atom. The average molecular weight is 288 g/mol. The van der Waals surface area contributed by atoms with Crippen LogP contribution in [0.15, 0.2) is 24.3 Å². The Balaban J connectivity index is 2.30. The number of hydrogen-bond acceptors (Lipinski definition) is 2. The largest absolute Gasteiger partial charge is 0.355 e. The Morgan fingerprint density at radius 1 is 1.29 bits per heavy atom. The van der Waals surface area contributed by atoms with Crippen LogP contribution in [0.1, 0.15) is 38.3 Å². The molecule has 0 saturated heterocycles. The predicted molar refractivity (Wildman–Crippen MR) is 82.6 cm³/mol. The number of nitrogens with one attached hydrogen (secondary N) is 1. The van der Waals surface area contributed by atoms with E-state index < -0.39 is 0 Å². The molecule has 0 radical (unpaired) electrons. The second kappa shape index (κ2) is 6.74. The Labute approximate surface area is 126 Å². The standard InChI is InChI=1S/C17H24N2O2/c1-4-12(3)17(21)19-11-14-9-7-6-8-13(14)10-15(19)16(20)18-5-2/h6-9,12,15H,4-5,10-11H2,1-3H3,(H,18,20)/t12-,15-/m1/s1. The van der Waals surface area contributed by atoms with Gasteiger partial charge in [-0.1, -0.05) is 38.1 Å². The third-order valence-corrected chi connectivity index (χ3v) is 4.22. The number of amides is 2. The maximum absolute atomic E-state index is 12.6. The molecule has 2 amide bonds. The molecule has 0 aromatic heterocycles. The van der Waals surface area contributed by atoms with Gasteiger partial charge in [0.15, 0.2) is 0 Å². The number of benzene rings is 1. The van der Waals surface area contributed by atoms with Crippen molar-refractivity contribution in [3.8, 4) is 0 Å². The van der Waals surface area contributed by atoms with Gasteiger partial charge in [-0.2, -0.15) is 0 Å². The summed E-state index contributed by atoms with van der Waals surface area (Å²) in [4.78, 5) is 26.7. The van der Waals surface area contributed by atoms with E-state index >= 15 is 0 Å². The first-order chi connectivity index (χ1) is 10.1. The highest BCUT2D eigenvalue weighted by molar-refractivity contribution is 5.89. The van der Waals surface area contributed by atoms with Gasteiger partial charge < -0.3 is 10.2 Å². The summed E-state index contributed by atoms with van der Waals surface area (Å²) in [6.45, 7) is 6.94. The fourth-order valence-corrected chi connectivity index (χ4v) is 2.74. The molecule has 1 N–H and O–H groups in total. The summed E-state index contributed by atoms with van der Waals surface area (Å²) in [6.07, 6.45) is 1.39. The topological polar surface area (TPSA) is 49.4 Å². The van der Waals surface area contributed by atoms with Gasteiger partial charge in [0.1, 0.15) is 6.04 Å². The summed E-state index contributed by atoms with van der Waals surface area (Å²) in [5.41, 5.74) is 2.32. The summed E-state index contributed by atoms with van der Waals surface area (Å²) >= 11 is 0. The van der Waals surface area contributed by atoms with Crippen molar-refractivity contribution in [3.05, 3.63) is 35.4 Å². The molecular weight excluding hydrogens is 264 g/mol. The Bertz CT molecular complexity index is 527. The van der Waals surface area contributed by atoms with Gasteiger partial charge >= 0.3 is 0 Å². The van der Waals surface area contributed by atoms with Gasteiger partial charge in [0.05, 0.1) is 0 Å². The summed E-state index contributed by atoms with van der Waals surface area (Å²) in [6, 6.07) is 7.67. The van der Waals surface area contributed by atoms with Gasteiger partial charge in [0.2, 0.25) is 11.8 Å². The molecule has 1 aromatic rings. The fraction of sp³-hybridized carbons (Fsp3) is 0.529. The zero-order valence-electron chi connectivity index (χ0n) is 13.1. The van der Waals surface area contributed by atoms with Crippen LogP contribution >= 0.6 is 0 Å². The van der Waals surface area contributed by atoms with E-state index in [4.69, 9.17) is 0 Å². The number of rotatable bonds is 4. The van der Waals surface area contributed by atoms with Crippen LogP contribution in [0.3, 0.4) is 0 Å². The molecule has 0 aliphatic carbocycles. The minimum Gasteiger partial charge on any atom is -0.355 e. The van der Waals surface area contributed by atoms with Crippen molar-refractivity contribution in [1.29, 1.82) is 0 Å². The van der Waals surface area contributed by atoms with E-state index in [1.807, 2.05) is 45.0 Å². The summed E-state index contributed by atoms with van der Waals surface area (Å²) in [7, 11) is 0. The molecule has 0 spiro atoms. The Hall–Kier alpha value is -1.84. The van der Waals surface area contributed by atoms with Crippen molar-refractivity contribution in [2.24, 2.45) is 5.92 Å². The van der Waals surface area contributed by atoms with Gasteiger partial charge in [0.25, 0.3) is 0 Å². The van der Waals surface area contributed by atoms with Crippen LogP contribution in [0, 0.1) is 5.92 Å². The van der Waals surface area contributed by atoms with Crippen molar-refractivity contribution in [2.45, 2.75) is 46.2 Å². The lowest BCUT2D eigenvalue weighted by Gasteiger charge is -2.37. The first kappa shape index (κ1) is 15.5. The molecule has 1 aromatic carbocycles. The van der Waals surface area contributed by atoms with Crippen LogP contribution in [0.25, 0.3) is 0 Å². The van der Waals surface area contributed by atoms with E-state index in [9.17, 15) is 9.59 Å². The van der Waals surface area contributed by atoms with Crippen molar-refractivity contribution in [2.75, 3.05) is 6.54 Å². The highest BCUT2D eigenvalue weighted by atomic mass is 16.2. The lowest BCUT2D eigenvalue weighted by Crippen LogP contribution is -2.53. The predicted octanol–water partition coefficient (Wildman–Crippen LogP) is 2.12. The highest BCUT2D eigenvalue weighted by Crippen LogP contribution is 2.25. The lowest BCUT2D eigenvalue weighted by molar-refractivity contribution is -0.144. The van der Waals surface area contributed by atoms with Crippen LogP contribution in [0.5, 0.6) is 0 Å². The summed E-state index contributed by atoms with van der Waals surface area (Å²) in [5.74, 6) is -0.0286. The van der Waals surface area contributed by atoms with Crippen LogP contribution in [-0.4, -0.2) is 29.3 Å². The molecule has 1 heterocycles. The molecule has 4 heteroatoms. The van der Waals surface area contributed by atoms with Gasteiger partial charge in [-0.3, -0.25) is 9.59 Å². The zero-order chi connectivity index (χ0) is 15.4. The van der Waals surface area contributed by atoms with Crippen molar-refractivity contribution < 1.29 is 9.59 Å². The number of likely N-dealkylation sites (N-methyl/N-ethyl adjacent to an activating group) is 1. The van der Waals surface area contributed by atoms with E-state index in [0.717, 1.165) is 12.0 Å². The fourth-order valence-electron chi connectivity index (χ4n) is 2.74. The molecule has 2 rings (SSSR count). The monoisotopic (exact) mass is 288 g/mol. The number of nitrogens with zero attached hydrogens (tertiary/aromatic N) is 1. The third kappa shape index (κ3) is 3.26. The van der Waals surface area contributed by atoms with Gasteiger partial charge in [-0.05, 0) is 24.5 Å². The SMILES string of the molecule is CCNC(=O)[C@H]1Cc2ccccc2CN1C(=O)[C@H](C)CC. The molecule has 114 valence electrons. The Morgan fingerprint density at radius 3 is 2.57 bits per heavy atom. The normalized spacial score (nSPS) is 18.8. The molecule has 1 aliphatic rings. The van der Waals surface area contributed by atoms with E-state index in [1.54, 1.807) is 4.90 Å². The molecule has 0 saturated carbocycles. The van der Waals surface area contributed by atoms with Crippen molar-refractivity contribution in [1.82, 2.24) is 10.2 Å². The van der Waals surface area contributed by atoms with Crippen molar-refractivity contribution in [3.63, 3.8) is 0 Å². The molecule has 21 heavy (non-hydrogen) atoms. The lowest BCUT2D eigenvalue weighted by atomic mass is 9.92. The van der Waals surface area contributed by atoms with Crippen LogP contribution in [0.4, 0.5) is 0 Å². The second-order valence-corrected chi connectivity index (χ2v) is 5.66. The molecule has 2 atom stereocenters. The van der Waals surface area contributed by atoms with Gasteiger partial charge in [-0.15, -0.1) is 0 Å². The highest BCUT2D eigenvalue weighted by Gasteiger charge is 2.35. The van der Waals surface area contributed by atoms with E-state index in [1.165, 1.54) is 5.56 Å². The van der Waals surface area contributed by atoms with Crippen LogP contribution in [0.2, 0.25) is 0 Å². The van der Waals surface area contributed by atoms with Crippen molar-refractivity contribution >= 4 is 11.8 Å². The van der Waals surface area contributed by atoms with E-state index in [0.29, 0.717) is 19.5 Å². The minimum atomic E-state index is -0.388. The van der Waals surface area contributed by atoms with E-state index in [2.05, 4.69) is 5.32 Å². The molecule has 0 unspecified atom stereocenters. The minimum absolute atomic E-state index is 0.0489.